The van der Waals surface area contributed by atoms with Crippen molar-refractivity contribution in [1.82, 2.24) is 0 Å². The van der Waals surface area contributed by atoms with E-state index in [0.29, 0.717) is 31.6 Å². The molecule has 0 bridgehead atoms. The van der Waals surface area contributed by atoms with Crippen molar-refractivity contribution >= 4 is 39.5 Å². The minimum atomic E-state index is -4.96. The maximum absolute atomic E-state index is 13.1. The highest BCUT2D eigenvalue weighted by atomic mass is 31.2. The molecular formula is C77H150O17P2. The van der Waals surface area contributed by atoms with E-state index in [1.54, 1.807) is 0 Å². The van der Waals surface area contributed by atoms with Crippen LogP contribution in [0.4, 0.5) is 0 Å². The quantitative estimate of drug-likeness (QED) is 0.0222. The van der Waals surface area contributed by atoms with Gasteiger partial charge in [0.15, 0.2) is 12.2 Å². The van der Waals surface area contributed by atoms with Crippen molar-refractivity contribution in [2.75, 3.05) is 39.6 Å². The lowest BCUT2D eigenvalue weighted by atomic mass is 9.99. The van der Waals surface area contributed by atoms with Crippen LogP contribution in [0.5, 0.6) is 0 Å². The highest BCUT2D eigenvalue weighted by Gasteiger charge is 2.30. The van der Waals surface area contributed by atoms with Crippen molar-refractivity contribution in [3.05, 3.63) is 0 Å². The molecule has 0 aliphatic carbocycles. The van der Waals surface area contributed by atoms with Crippen LogP contribution >= 0.6 is 15.6 Å². The zero-order valence-electron chi connectivity index (χ0n) is 62.8. The zero-order valence-corrected chi connectivity index (χ0v) is 64.6. The first-order chi connectivity index (χ1) is 46.3. The SMILES string of the molecule is CCCCCCCCCCCCCC(=O)O[C@H](COC(=O)CCCCCCCCC(C)C)COP(=O)(O)OC[C@H](O)COP(=O)(O)OC[C@@H](COC(=O)CCCCCCCCCCCCCC(C)C)OC(=O)CCCCCCCCCCCCCCCCCCCCC(C)CC. The van der Waals surface area contributed by atoms with Crippen LogP contribution in [0.25, 0.3) is 0 Å². The average Bonchev–Trinajstić information content (AvgIpc) is 1.15. The van der Waals surface area contributed by atoms with Gasteiger partial charge >= 0.3 is 39.5 Å². The summed E-state index contributed by atoms with van der Waals surface area (Å²) < 4.78 is 68.5. The summed E-state index contributed by atoms with van der Waals surface area (Å²) >= 11 is 0. The molecule has 0 fully saturated rings. The Hall–Kier alpha value is -1.94. The molecule has 0 aromatic heterocycles. The molecule has 0 aliphatic rings. The van der Waals surface area contributed by atoms with Gasteiger partial charge in [-0.3, -0.25) is 37.3 Å². The first-order valence-electron chi connectivity index (χ1n) is 39.9. The number of carbonyl (C=O) groups excluding carboxylic acids is 4. The molecule has 0 saturated carbocycles. The summed E-state index contributed by atoms with van der Waals surface area (Å²) in [5.74, 6) is 0.203. The van der Waals surface area contributed by atoms with Gasteiger partial charge in [0.2, 0.25) is 0 Å². The van der Waals surface area contributed by atoms with Crippen LogP contribution in [0.2, 0.25) is 0 Å². The van der Waals surface area contributed by atoms with Crippen molar-refractivity contribution in [2.45, 2.75) is 414 Å². The van der Waals surface area contributed by atoms with Gasteiger partial charge in [-0.25, -0.2) is 9.13 Å². The smallest absolute Gasteiger partial charge is 0.462 e. The van der Waals surface area contributed by atoms with E-state index in [1.807, 2.05) is 0 Å². The first kappa shape index (κ1) is 94.1. The molecule has 96 heavy (non-hydrogen) atoms. The highest BCUT2D eigenvalue weighted by Crippen LogP contribution is 2.45. The molecule has 19 heteroatoms. The Morgan fingerprint density at radius 3 is 0.792 bits per heavy atom. The van der Waals surface area contributed by atoms with Crippen molar-refractivity contribution < 1.29 is 80.2 Å². The number of phosphoric acid groups is 2. The minimum Gasteiger partial charge on any atom is -0.462 e. The summed E-state index contributed by atoms with van der Waals surface area (Å²) in [5.41, 5.74) is 0. The molecule has 0 spiro atoms. The fourth-order valence-corrected chi connectivity index (χ4v) is 13.3. The van der Waals surface area contributed by atoms with Crippen molar-refractivity contribution in [3.63, 3.8) is 0 Å². The standard InChI is InChI=1S/C77H150O17P2/c1-8-10-11-12-13-14-24-32-37-46-53-60-76(81)94-73(65-88-75(80)59-52-45-40-39-42-49-56-69(5)6)67-92-96(85,86)90-63-71(78)62-89-95(83,84)91-66-72(64-87-74(79)58-51-44-36-31-28-23-25-29-34-41-48-55-68(3)4)93-77(82)61-54-47-38-33-27-22-20-18-16-15-17-19-21-26-30-35-43-50-57-70(7)9-2/h68-73,78H,8-67H2,1-7H3,(H,83,84)(H,85,86)/t70?,71-,72-,73-/m1/s1. The van der Waals surface area contributed by atoms with Gasteiger partial charge < -0.3 is 33.8 Å². The van der Waals surface area contributed by atoms with E-state index in [2.05, 4.69) is 48.5 Å². The molecule has 0 saturated heterocycles. The number of carbonyl (C=O) groups is 4. The van der Waals surface area contributed by atoms with Crippen LogP contribution in [0.3, 0.4) is 0 Å². The number of ether oxygens (including phenoxy) is 4. The first-order valence-corrected chi connectivity index (χ1v) is 42.9. The number of hydrogen-bond donors (Lipinski definition) is 3. The molecule has 0 radical (unpaired) electrons. The van der Waals surface area contributed by atoms with Gasteiger partial charge in [-0.05, 0) is 43.4 Å². The molecule has 0 amide bonds. The monoisotopic (exact) mass is 1410 g/mol. The number of phosphoric ester groups is 2. The highest BCUT2D eigenvalue weighted by molar-refractivity contribution is 7.47. The Morgan fingerprint density at radius 1 is 0.302 bits per heavy atom. The maximum atomic E-state index is 13.1. The van der Waals surface area contributed by atoms with Crippen molar-refractivity contribution in [2.24, 2.45) is 17.8 Å². The predicted molar refractivity (Wildman–Crippen MR) is 391 cm³/mol. The molecule has 6 atom stereocenters. The third-order valence-electron chi connectivity index (χ3n) is 18.2. The minimum absolute atomic E-state index is 0.106. The maximum Gasteiger partial charge on any atom is 0.472 e. The number of aliphatic hydroxyl groups is 1. The lowest BCUT2D eigenvalue weighted by Crippen LogP contribution is -2.30. The average molecular weight is 1410 g/mol. The molecule has 0 aromatic rings. The summed E-state index contributed by atoms with van der Waals surface area (Å²) in [6.07, 6.45) is 54.3. The molecule has 3 unspecified atom stereocenters. The van der Waals surface area contributed by atoms with Crippen LogP contribution in [0.15, 0.2) is 0 Å². The summed E-state index contributed by atoms with van der Waals surface area (Å²) in [7, 11) is -9.91. The lowest BCUT2D eigenvalue weighted by Gasteiger charge is -2.21. The summed E-state index contributed by atoms with van der Waals surface area (Å²) in [6.45, 7) is 11.9. The molecule has 0 heterocycles. The van der Waals surface area contributed by atoms with E-state index in [4.69, 9.17) is 37.0 Å². The summed E-state index contributed by atoms with van der Waals surface area (Å²) in [6, 6.07) is 0. The second-order valence-electron chi connectivity index (χ2n) is 28.9. The fraction of sp³-hybridized carbons (Fsp3) is 0.948. The molecule has 3 N–H and O–H groups in total. The lowest BCUT2D eigenvalue weighted by molar-refractivity contribution is -0.161. The number of unbranched alkanes of at least 4 members (excludes halogenated alkanes) is 42. The second kappa shape index (κ2) is 67.5. The topological polar surface area (TPSA) is 237 Å². The second-order valence-corrected chi connectivity index (χ2v) is 31.8. The van der Waals surface area contributed by atoms with Gasteiger partial charge in [0.25, 0.3) is 0 Å². The molecular weight excluding hydrogens is 1260 g/mol. The normalized spacial score (nSPS) is 14.3. The third kappa shape index (κ3) is 69.2. The summed E-state index contributed by atoms with van der Waals surface area (Å²) in [5, 5.41) is 10.6. The number of aliphatic hydroxyl groups excluding tert-OH is 1. The van der Waals surface area contributed by atoms with Crippen LogP contribution in [0, 0.1) is 17.8 Å². The number of hydrogen-bond acceptors (Lipinski definition) is 15. The van der Waals surface area contributed by atoms with E-state index in [-0.39, 0.29) is 25.7 Å². The third-order valence-corrected chi connectivity index (χ3v) is 20.1. The van der Waals surface area contributed by atoms with Crippen LogP contribution < -0.4 is 0 Å². The van der Waals surface area contributed by atoms with Gasteiger partial charge in [-0.2, -0.15) is 0 Å². The largest absolute Gasteiger partial charge is 0.472 e. The number of rotatable bonds is 75. The molecule has 570 valence electrons. The van der Waals surface area contributed by atoms with E-state index in [9.17, 15) is 43.2 Å². The molecule has 0 aliphatic heterocycles. The fourth-order valence-electron chi connectivity index (χ4n) is 11.7. The molecule has 17 nitrogen and oxygen atoms in total. The Bertz CT molecular complexity index is 1870. The van der Waals surface area contributed by atoms with Gasteiger partial charge in [0.1, 0.15) is 19.3 Å². The van der Waals surface area contributed by atoms with E-state index in [0.717, 1.165) is 108 Å². The van der Waals surface area contributed by atoms with Crippen LogP contribution in [-0.4, -0.2) is 96.7 Å². The van der Waals surface area contributed by atoms with Gasteiger partial charge in [0, 0.05) is 25.7 Å². The van der Waals surface area contributed by atoms with Crippen molar-refractivity contribution in [1.29, 1.82) is 0 Å². The summed E-state index contributed by atoms with van der Waals surface area (Å²) in [4.78, 5) is 72.7. The molecule has 0 rings (SSSR count). The number of esters is 4. The van der Waals surface area contributed by atoms with E-state index in [1.165, 1.54) is 199 Å². The van der Waals surface area contributed by atoms with Gasteiger partial charge in [-0.15, -0.1) is 0 Å². The van der Waals surface area contributed by atoms with E-state index < -0.39 is 97.5 Å². The van der Waals surface area contributed by atoms with Gasteiger partial charge in [-0.1, -0.05) is 344 Å². The van der Waals surface area contributed by atoms with Crippen LogP contribution in [-0.2, 0) is 65.4 Å². The Balaban J connectivity index is 5.18. The van der Waals surface area contributed by atoms with Gasteiger partial charge in [0.05, 0.1) is 26.4 Å². The molecule has 0 aromatic carbocycles. The zero-order chi connectivity index (χ0) is 70.9. The Morgan fingerprint density at radius 2 is 0.531 bits per heavy atom. The predicted octanol–water partition coefficient (Wildman–Crippen LogP) is 22.6. The van der Waals surface area contributed by atoms with E-state index >= 15 is 0 Å². The Labute approximate surface area is 588 Å². The van der Waals surface area contributed by atoms with Crippen molar-refractivity contribution in [3.8, 4) is 0 Å². The van der Waals surface area contributed by atoms with Crippen LogP contribution in [0.1, 0.15) is 395 Å². The Kier molecular flexibility index (Phi) is 66.2.